The quantitative estimate of drug-likeness (QED) is 0.510. The Morgan fingerprint density at radius 2 is 1.60 bits per heavy atom. The first-order valence-electron chi connectivity index (χ1n) is 3.65. The van der Waals surface area contributed by atoms with Crippen LogP contribution in [0, 0.1) is 0 Å². The van der Waals surface area contributed by atoms with E-state index in [0.29, 0.717) is 0 Å². The molecule has 0 heterocycles. The maximum atomic E-state index is 2.12. The molecule has 0 aliphatic rings. The highest BCUT2D eigenvalue weighted by molar-refractivity contribution is 5.29. The van der Waals surface area contributed by atoms with E-state index in [1.165, 1.54) is 11.1 Å². The smallest absolute Gasteiger partial charge is 0.0395 e. The van der Waals surface area contributed by atoms with Crippen LogP contribution in [0.4, 0.5) is 0 Å². The van der Waals surface area contributed by atoms with E-state index in [0.717, 1.165) is 0 Å². The molecule has 0 atom stereocenters. The number of hydrogen-bond donors (Lipinski definition) is 0. The molecule has 0 nitrogen and oxygen atoms in total. The van der Waals surface area contributed by atoms with Gasteiger partial charge in [-0.05, 0) is 33.3 Å². The van der Waals surface area contributed by atoms with Crippen molar-refractivity contribution in [3.8, 4) is 0 Å². The summed E-state index contributed by atoms with van der Waals surface area (Å²) in [5.41, 5.74) is 2.68. The highest BCUT2D eigenvalue weighted by Crippen LogP contribution is 2.06. The molecule has 0 heteroatoms. The predicted octanol–water partition coefficient (Wildman–Crippen LogP) is 3.48. The SMILES string of the molecule is C\C=C(C)/C(C)=C\C=C\C. The average molecular weight is 136 g/mol. The van der Waals surface area contributed by atoms with Gasteiger partial charge in [0, 0.05) is 0 Å². The van der Waals surface area contributed by atoms with Crippen molar-refractivity contribution in [3.63, 3.8) is 0 Å². The van der Waals surface area contributed by atoms with Crippen molar-refractivity contribution >= 4 is 0 Å². The second-order valence-corrected chi connectivity index (χ2v) is 2.35. The van der Waals surface area contributed by atoms with Crippen LogP contribution in [0.2, 0.25) is 0 Å². The van der Waals surface area contributed by atoms with Gasteiger partial charge >= 0.3 is 0 Å². The van der Waals surface area contributed by atoms with Gasteiger partial charge < -0.3 is 0 Å². The lowest BCUT2D eigenvalue weighted by molar-refractivity contribution is 1.33. The predicted molar refractivity (Wildman–Crippen MR) is 48.0 cm³/mol. The van der Waals surface area contributed by atoms with Crippen LogP contribution in [0.1, 0.15) is 27.7 Å². The van der Waals surface area contributed by atoms with E-state index < -0.39 is 0 Å². The molecule has 0 bridgehead atoms. The first-order valence-corrected chi connectivity index (χ1v) is 3.65. The van der Waals surface area contributed by atoms with Crippen molar-refractivity contribution in [1.29, 1.82) is 0 Å². The molecular weight excluding hydrogens is 120 g/mol. The third-order valence-electron chi connectivity index (χ3n) is 1.59. The second-order valence-electron chi connectivity index (χ2n) is 2.35. The lowest BCUT2D eigenvalue weighted by Gasteiger charge is -1.96. The van der Waals surface area contributed by atoms with Gasteiger partial charge in [0.1, 0.15) is 0 Å². The zero-order valence-electron chi connectivity index (χ0n) is 7.31. The van der Waals surface area contributed by atoms with Crippen molar-refractivity contribution in [1.82, 2.24) is 0 Å². The van der Waals surface area contributed by atoms with Gasteiger partial charge in [-0.1, -0.05) is 29.9 Å². The molecule has 0 saturated heterocycles. The minimum atomic E-state index is 1.33. The molecule has 0 aromatic rings. The second kappa shape index (κ2) is 5.04. The van der Waals surface area contributed by atoms with Crippen LogP contribution in [0.3, 0.4) is 0 Å². The lowest BCUT2D eigenvalue weighted by Crippen LogP contribution is -1.75. The van der Waals surface area contributed by atoms with Gasteiger partial charge in [0.25, 0.3) is 0 Å². The molecule has 0 N–H and O–H groups in total. The Balaban J connectivity index is 4.19. The third kappa shape index (κ3) is 3.29. The first kappa shape index (κ1) is 9.22. The summed E-state index contributed by atoms with van der Waals surface area (Å²) in [4.78, 5) is 0. The van der Waals surface area contributed by atoms with Gasteiger partial charge in [-0.2, -0.15) is 0 Å². The van der Waals surface area contributed by atoms with Crippen molar-refractivity contribution in [2.75, 3.05) is 0 Å². The van der Waals surface area contributed by atoms with Crippen LogP contribution in [0.25, 0.3) is 0 Å². The molecule has 0 aliphatic carbocycles. The Morgan fingerprint density at radius 3 is 2.00 bits per heavy atom. The molecule has 0 rings (SSSR count). The highest BCUT2D eigenvalue weighted by atomic mass is 13.9. The van der Waals surface area contributed by atoms with Gasteiger partial charge in [-0.25, -0.2) is 0 Å². The molecule has 0 spiro atoms. The van der Waals surface area contributed by atoms with Crippen molar-refractivity contribution in [2.24, 2.45) is 0 Å². The van der Waals surface area contributed by atoms with Gasteiger partial charge in [0.05, 0.1) is 0 Å². The fourth-order valence-corrected chi connectivity index (χ4v) is 0.600. The van der Waals surface area contributed by atoms with Crippen LogP contribution in [-0.2, 0) is 0 Å². The molecule has 0 aromatic carbocycles. The standard InChI is InChI=1S/C10H16/c1-5-7-8-10(4)9(3)6-2/h5-8H,1-4H3/b7-5+,9-6-,10-8-. The Bertz CT molecular complexity index is 168. The Morgan fingerprint density at radius 1 is 1.00 bits per heavy atom. The molecule has 0 fully saturated rings. The molecule has 0 saturated carbocycles. The Labute approximate surface area is 64.0 Å². The zero-order valence-corrected chi connectivity index (χ0v) is 7.31. The number of rotatable bonds is 2. The van der Waals surface area contributed by atoms with Crippen molar-refractivity contribution in [3.05, 3.63) is 35.5 Å². The summed E-state index contributed by atoms with van der Waals surface area (Å²) in [7, 11) is 0. The fourth-order valence-electron chi connectivity index (χ4n) is 0.600. The normalized spacial score (nSPS) is 14.8. The number of allylic oxidation sites excluding steroid dienone is 6. The maximum absolute atomic E-state index is 2.12. The molecule has 0 amide bonds. The summed E-state index contributed by atoms with van der Waals surface area (Å²) in [6.45, 7) is 8.32. The lowest BCUT2D eigenvalue weighted by atomic mass is 10.1. The first-order chi connectivity index (χ1) is 4.72. The van der Waals surface area contributed by atoms with Crippen molar-refractivity contribution < 1.29 is 0 Å². The van der Waals surface area contributed by atoms with Crippen LogP contribution < -0.4 is 0 Å². The van der Waals surface area contributed by atoms with E-state index >= 15 is 0 Å². The van der Waals surface area contributed by atoms with Gasteiger partial charge in [-0.3, -0.25) is 0 Å². The zero-order chi connectivity index (χ0) is 7.98. The van der Waals surface area contributed by atoms with E-state index in [1.54, 1.807) is 0 Å². The van der Waals surface area contributed by atoms with E-state index in [2.05, 4.69) is 39.0 Å². The molecule has 0 radical (unpaired) electrons. The monoisotopic (exact) mass is 136 g/mol. The number of hydrogen-bond acceptors (Lipinski definition) is 0. The van der Waals surface area contributed by atoms with E-state index in [1.807, 2.05) is 13.0 Å². The van der Waals surface area contributed by atoms with Gasteiger partial charge in [-0.15, -0.1) is 0 Å². The van der Waals surface area contributed by atoms with Crippen LogP contribution in [-0.4, -0.2) is 0 Å². The fraction of sp³-hybridized carbons (Fsp3) is 0.400. The summed E-state index contributed by atoms with van der Waals surface area (Å²) >= 11 is 0. The summed E-state index contributed by atoms with van der Waals surface area (Å²) in [5, 5.41) is 0. The van der Waals surface area contributed by atoms with Crippen LogP contribution in [0.5, 0.6) is 0 Å². The van der Waals surface area contributed by atoms with Crippen LogP contribution >= 0.6 is 0 Å². The molecule has 0 aliphatic heterocycles. The Hall–Kier alpha value is -0.780. The molecule has 0 aromatic heterocycles. The summed E-state index contributed by atoms with van der Waals surface area (Å²) in [6.07, 6.45) is 8.33. The van der Waals surface area contributed by atoms with Gasteiger partial charge in [0.2, 0.25) is 0 Å². The summed E-state index contributed by atoms with van der Waals surface area (Å²) < 4.78 is 0. The highest BCUT2D eigenvalue weighted by Gasteiger charge is 1.86. The van der Waals surface area contributed by atoms with Crippen molar-refractivity contribution in [2.45, 2.75) is 27.7 Å². The minimum Gasteiger partial charge on any atom is -0.0877 e. The van der Waals surface area contributed by atoms with E-state index in [-0.39, 0.29) is 0 Å². The molecule has 0 unspecified atom stereocenters. The van der Waals surface area contributed by atoms with Crippen LogP contribution in [0.15, 0.2) is 35.5 Å². The maximum Gasteiger partial charge on any atom is -0.0395 e. The van der Waals surface area contributed by atoms with Gasteiger partial charge in [0.15, 0.2) is 0 Å². The molecular formula is C10H16. The topological polar surface area (TPSA) is 0 Å². The largest absolute Gasteiger partial charge is 0.0877 e. The molecule has 10 heavy (non-hydrogen) atoms. The summed E-state index contributed by atoms with van der Waals surface area (Å²) in [6, 6.07) is 0. The summed E-state index contributed by atoms with van der Waals surface area (Å²) in [5.74, 6) is 0. The molecule has 56 valence electrons. The Kier molecular flexibility index (Phi) is 4.65. The van der Waals surface area contributed by atoms with E-state index in [9.17, 15) is 0 Å². The average Bonchev–Trinajstić information content (AvgIpc) is 1.98. The third-order valence-corrected chi connectivity index (χ3v) is 1.59. The van der Waals surface area contributed by atoms with E-state index in [4.69, 9.17) is 0 Å². The minimum absolute atomic E-state index is 1.33.